The van der Waals surface area contributed by atoms with Gasteiger partial charge in [-0.1, -0.05) is 17.7 Å². The van der Waals surface area contributed by atoms with Crippen molar-refractivity contribution >= 4 is 34.0 Å². The van der Waals surface area contributed by atoms with Crippen LogP contribution >= 0.6 is 22.9 Å². The van der Waals surface area contributed by atoms with Gasteiger partial charge < -0.3 is 10.7 Å². The van der Waals surface area contributed by atoms with E-state index in [0.717, 1.165) is 34.0 Å². The topological polar surface area (TPSA) is 67.6 Å². The average Bonchev–Trinajstić information content (AvgIpc) is 2.96. The molecule has 2 heterocycles. The van der Waals surface area contributed by atoms with Gasteiger partial charge in [0.15, 0.2) is 5.82 Å². The van der Waals surface area contributed by atoms with Gasteiger partial charge in [-0.2, -0.15) is 0 Å². The Morgan fingerprint density at radius 2 is 2.22 bits per heavy atom. The Bertz CT molecular complexity index is 688. The molecule has 0 radical (unpaired) electrons. The molecule has 0 spiro atoms. The van der Waals surface area contributed by atoms with Crippen molar-refractivity contribution in [3.05, 3.63) is 33.6 Å². The number of hydrogen-bond donors (Lipinski definition) is 2. The lowest BCUT2D eigenvalue weighted by Gasteiger charge is -1.89. The predicted molar refractivity (Wildman–Crippen MR) is 75.0 cm³/mol. The van der Waals surface area contributed by atoms with Crippen LogP contribution in [-0.4, -0.2) is 21.5 Å². The summed E-state index contributed by atoms with van der Waals surface area (Å²) in [6.45, 7) is 0.610. The minimum absolute atomic E-state index is 0.610. The maximum Gasteiger partial charge on any atom is 0.158 e. The summed E-state index contributed by atoms with van der Waals surface area (Å²) in [5.74, 6) is 0.748. The molecule has 92 valence electrons. The number of halogens is 1. The third-order valence-corrected chi connectivity index (χ3v) is 3.83. The third-order valence-electron chi connectivity index (χ3n) is 2.62. The van der Waals surface area contributed by atoms with Gasteiger partial charge in [-0.3, -0.25) is 0 Å². The maximum absolute atomic E-state index is 6.10. The highest BCUT2D eigenvalue weighted by Gasteiger charge is 2.10. The molecule has 0 fully saturated rings. The second kappa shape index (κ2) is 4.68. The zero-order valence-corrected chi connectivity index (χ0v) is 11.1. The van der Waals surface area contributed by atoms with Crippen LogP contribution in [0.15, 0.2) is 23.6 Å². The zero-order valence-electron chi connectivity index (χ0n) is 9.48. The fraction of sp³-hybridized carbons (Fsp3) is 0.167. The first-order valence-corrected chi connectivity index (χ1v) is 6.83. The Morgan fingerprint density at radius 1 is 1.33 bits per heavy atom. The molecule has 0 amide bonds. The summed E-state index contributed by atoms with van der Waals surface area (Å²) in [7, 11) is 0. The van der Waals surface area contributed by atoms with E-state index < -0.39 is 0 Å². The van der Waals surface area contributed by atoms with E-state index in [0.29, 0.717) is 11.6 Å². The molecule has 4 nitrogen and oxygen atoms in total. The number of para-hydroxylation sites is 1. The second-order valence-electron chi connectivity index (χ2n) is 3.89. The van der Waals surface area contributed by atoms with E-state index in [2.05, 4.69) is 15.0 Å². The van der Waals surface area contributed by atoms with Crippen molar-refractivity contribution < 1.29 is 0 Å². The number of imidazole rings is 1. The number of aromatic nitrogens is 3. The summed E-state index contributed by atoms with van der Waals surface area (Å²) in [5.41, 5.74) is 8.06. The molecule has 3 aromatic rings. The summed E-state index contributed by atoms with van der Waals surface area (Å²) in [4.78, 5) is 12.2. The number of nitrogens with one attached hydrogen (secondary N) is 1. The number of thiazole rings is 1. The molecular formula is C12H11ClN4S. The van der Waals surface area contributed by atoms with Crippen LogP contribution in [0.3, 0.4) is 0 Å². The maximum atomic E-state index is 6.10. The molecule has 2 aromatic heterocycles. The predicted octanol–water partition coefficient (Wildman–Crippen LogP) is 2.84. The van der Waals surface area contributed by atoms with Crippen LogP contribution in [0.25, 0.3) is 22.6 Å². The Hall–Kier alpha value is -1.43. The van der Waals surface area contributed by atoms with Gasteiger partial charge in [0.2, 0.25) is 0 Å². The Labute approximate surface area is 113 Å². The molecule has 6 heteroatoms. The standard InChI is InChI=1S/C12H11ClN4S/c13-7-2-1-3-8-11(7)17-12(16-8)9-6-18-10(15-9)4-5-14/h1-3,6H,4-5,14H2,(H,16,17). The molecule has 0 saturated heterocycles. The molecule has 0 unspecified atom stereocenters. The monoisotopic (exact) mass is 278 g/mol. The van der Waals surface area contributed by atoms with Crippen LogP contribution in [0.5, 0.6) is 0 Å². The Balaban J connectivity index is 2.05. The summed E-state index contributed by atoms with van der Waals surface area (Å²) in [6, 6.07) is 5.67. The quantitative estimate of drug-likeness (QED) is 0.774. The zero-order chi connectivity index (χ0) is 12.5. The lowest BCUT2D eigenvalue weighted by atomic mass is 10.3. The molecule has 0 bridgehead atoms. The number of aromatic amines is 1. The fourth-order valence-electron chi connectivity index (χ4n) is 1.78. The smallest absolute Gasteiger partial charge is 0.158 e. The number of nitrogens with zero attached hydrogens (tertiary/aromatic N) is 2. The first-order valence-electron chi connectivity index (χ1n) is 5.57. The molecule has 0 aliphatic carbocycles. The summed E-state index contributed by atoms with van der Waals surface area (Å²) >= 11 is 7.69. The largest absolute Gasteiger partial charge is 0.337 e. The van der Waals surface area contributed by atoms with Gasteiger partial charge in [-0.15, -0.1) is 11.3 Å². The summed E-state index contributed by atoms with van der Waals surface area (Å²) in [6.07, 6.45) is 0.797. The Kier molecular flexibility index (Phi) is 3.03. The highest BCUT2D eigenvalue weighted by atomic mass is 35.5. The third kappa shape index (κ3) is 2.01. The minimum atomic E-state index is 0.610. The van der Waals surface area contributed by atoms with Gasteiger partial charge >= 0.3 is 0 Å². The molecule has 0 aliphatic heterocycles. The Morgan fingerprint density at radius 3 is 3.00 bits per heavy atom. The highest BCUT2D eigenvalue weighted by Crippen LogP contribution is 2.26. The molecule has 3 N–H and O–H groups in total. The van der Waals surface area contributed by atoms with E-state index in [4.69, 9.17) is 17.3 Å². The number of benzene rings is 1. The second-order valence-corrected chi connectivity index (χ2v) is 5.24. The van der Waals surface area contributed by atoms with E-state index in [9.17, 15) is 0 Å². The number of nitrogens with two attached hydrogens (primary N) is 1. The van der Waals surface area contributed by atoms with Crippen molar-refractivity contribution in [3.8, 4) is 11.5 Å². The van der Waals surface area contributed by atoms with E-state index >= 15 is 0 Å². The van der Waals surface area contributed by atoms with Crippen molar-refractivity contribution in [1.82, 2.24) is 15.0 Å². The lowest BCUT2D eigenvalue weighted by Crippen LogP contribution is -2.02. The normalized spacial score (nSPS) is 11.2. The lowest BCUT2D eigenvalue weighted by molar-refractivity contribution is 0.953. The minimum Gasteiger partial charge on any atom is -0.337 e. The van der Waals surface area contributed by atoms with Crippen LogP contribution in [0.1, 0.15) is 5.01 Å². The first kappa shape index (κ1) is 11.6. The van der Waals surface area contributed by atoms with Crippen LogP contribution in [0.4, 0.5) is 0 Å². The molecule has 18 heavy (non-hydrogen) atoms. The average molecular weight is 279 g/mol. The molecule has 0 saturated carbocycles. The summed E-state index contributed by atoms with van der Waals surface area (Å²) in [5, 5.41) is 3.66. The van der Waals surface area contributed by atoms with Crippen LogP contribution in [0, 0.1) is 0 Å². The van der Waals surface area contributed by atoms with Crippen LogP contribution < -0.4 is 5.73 Å². The van der Waals surface area contributed by atoms with Crippen LogP contribution in [0.2, 0.25) is 5.02 Å². The fourth-order valence-corrected chi connectivity index (χ4v) is 2.79. The van der Waals surface area contributed by atoms with Crippen molar-refractivity contribution in [3.63, 3.8) is 0 Å². The van der Waals surface area contributed by atoms with Gasteiger partial charge in [0, 0.05) is 11.8 Å². The van der Waals surface area contributed by atoms with Gasteiger partial charge in [0.05, 0.1) is 15.5 Å². The van der Waals surface area contributed by atoms with Crippen molar-refractivity contribution in [2.45, 2.75) is 6.42 Å². The van der Waals surface area contributed by atoms with Crippen LogP contribution in [-0.2, 0) is 6.42 Å². The van der Waals surface area contributed by atoms with Gasteiger partial charge in [0.25, 0.3) is 0 Å². The van der Waals surface area contributed by atoms with E-state index in [1.807, 2.05) is 23.6 Å². The van der Waals surface area contributed by atoms with E-state index in [-0.39, 0.29) is 0 Å². The van der Waals surface area contributed by atoms with Crippen molar-refractivity contribution in [1.29, 1.82) is 0 Å². The van der Waals surface area contributed by atoms with E-state index in [1.165, 1.54) is 0 Å². The molecule has 0 atom stereocenters. The van der Waals surface area contributed by atoms with Crippen molar-refractivity contribution in [2.24, 2.45) is 5.73 Å². The number of hydrogen-bond acceptors (Lipinski definition) is 4. The summed E-state index contributed by atoms with van der Waals surface area (Å²) < 4.78 is 0. The number of fused-ring (bicyclic) bond motifs is 1. The SMILES string of the molecule is NCCc1nc(-c2nc3c(Cl)cccc3[nH]2)cs1. The van der Waals surface area contributed by atoms with Gasteiger partial charge in [0.1, 0.15) is 11.2 Å². The molecular weight excluding hydrogens is 268 g/mol. The number of H-pyrrole nitrogens is 1. The van der Waals surface area contributed by atoms with Gasteiger partial charge in [-0.25, -0.2) is 9.97 Å². The molecule has 3 rings (SSSR count). The highest BCUT2D eigenvalue weighted by molar-refractivity contribution is 7.09. The molecule has 1 aromatic carbocycles. The van der Waals surface area contributed by atoms with Crippen molar-refractivity contribution in [2.75, 3.05) is 6.54 Å². The van der Waals surface area contributed by atoms with Gasteiger partial charge in [-0.05, 0) is 18.7 Å². The first-order chi connectivity index (χ1) is 8.78. The van der Waals surface area contributed by atoms with E-state index in [1.54, 1.807) is 11.3 Å². The number of rotatable bonds is 3. The molecule has 0 aliphatic rings.